The molecule has 2 aromatic carbocycles. The minimum absolute atomic E-state index is 0.234. The Bertz CT molecular complexity index is 1090. The highest BCUT2D eigenvalue weighted by Crippen LogP contribution is 2.37. The lowest BCUT2D eigenvalue weighted by Gasteiger charge is -2.13. The number of halogens is 1. The number of benzene rings is 2. The molecule has 174 valence electrons. The number of nitrogens with zero attached hydrogens (tertiary/aromatic N) is 1. The van der Waals surface area contributed by atoms with E-state index in [1.54, 1.807) is 50.6 Å². The molecule has 1 aliphatic heterocycles. The van der Waals surface area contributed by atoms with Crippen LogP contribution in [0.1, 0.15) is 18.9 Å². The molecule has 33 heavy (non-hydrogen) atoms. The van der Waals surface area contributed by atoms with Crippen LogP contribution in [0.25, 0.3) is 6.08 Å². The van der Waals surface area contributed by atoms with Crippen molar-refractivity contribution in [2.24, 2.45) is 0 Å². The first-order valence-electron chi connectivity index (χ1n) is 10.1. The molecule has 2 aromatic rings. The predicted octanol–water partition coefficient (Wildman–Crippen LogP) is 4.77. The van der Waals surface area contributed by atoms with Gasteiger partial charge in [-0.2, -0.15) is 0 Å². The number of methoxy groups -OCH3 is 2. The number of amides is 3. The highest BCUT2D eigenvalue weighted by Gasteiger charge is 2.36. The Balaban J connectivity index is 1.72. The van der Waals surface area contributed by atoms with Gasteiger partial charge in [-0.15, -0.1) is 0 Å². The Morgan fingerprint density at radius 1 is 1.15 bits per heavy atom. The van der Waals surface area contributed by atoms with Gasteiger partial charge in [0.15, 0.2) is 11.5 Å². The van der Waals surface area contributed by atoms with Crippen molar-refractivity contribution in [3.8, 4) is 17.2 Å². The molecule has 0 aromatic heterocycles. The average Bonchev–Trinajstić information content (AvgIpc) is 3.05. The second-order valence-electron chi connectivity index (χ2n) is 6.93. The van der Waals surface area contributed by atoms with Crippen LogP contribution in [0.3, 0.4) is 0 Å². The minimum atomic E-state index is -0.518. The first kappa shape index (κ1) is 24.9. The van der Waals surface area contributed by atoms with Crippen molar-refractivity contribution in [2.45, 2.75) is 13.3 Å². The van der Waals surface area contributed by atoms with E-state index in [0.717, 1.165) is 26.7 Å². The summed E-state index contributed by atoms with van der Waals surface area (Å²) < 4.78 is 17.1. The molecule has 0 aliphatic carbocycles. The molecule has 1 fully saturated rings. The number of ether oxygens (including phenoxy) is 3. The molecule has 8 nitrogen and oxygen atoms in total. The smallest absolute Gasteiger partial charge is 0.294 e. The zero-order valence-electron chi connectivity index (χ0n) is 18.3. The molecule has 0 atom stereocenters. The van der Waals surface area contributed by atoms with Crippen molar-refractivity contribution in [3.05, 3.63) is 50.4 Å². The summed E-state index contributed by atoms with van der Waals surface area (Å²) in [4.78, 5) is 38.7. The highest BCUT2D eigenvalue weighted by molar-refractivity contribution is 14.1. The van der Waals surface area contributed by atoms with Crippen molar-refractivity contribution in [1.29, 1.82) is 0 Å². The SMILES string of the molecule is CCCOc1c(I)cc(/C=C2\SC(=O)N(CC(=O)Nc3ccc(OC)cc3)C2=O)cc1OC. The number of imide groups is 1. The molecule has 0 unspecified atom stereocenters. The van der Waals surface area contributed by atoms with Gasteiger partial charge >= 0.3 is 0 Å². The molecule has 0 radical (unpaired) electrons. The van der Waals surface area contributed by atoms with Crippen LogP contribution in [0, 0.1) is 3.57 Å². The summed E-state index contributed by atoms with van der Waals surface area (Å²) in [6.07, 6.45) is 2.47. The zero-order chi connectivity index (χ0) is 24.0. The van der Waals surface area contributed by atoms with Gasteiger partial charge in [-0.3, -0.25) is 19.3 Å². The van der Waals surface area contributed by atoms with E-state index in [0.29, 0.717) is 35.1 Å². The van der Waals surface area contributed by atoms with E-state index < -0.39 is 17.1 Å². The van der Waals surface area contributed by atoms with Crippen molar-refractivity contribution < 1.29 is 28.6 Å². The van der Waals surface area contributed by atoms with Crippen molar-refractivity contribution in [1.82, 2.24) is 4.90 Å². The summed E-state index contributed by atoms with van der Waals surface area (Å²) in [5, 5.41) is 2.17. The van der Waals surface area contributed by atoms with E-state index in [-0.39, 0.29) is 11.4 Å². The molecule has 3 rings (SSSR count). The third-order valence-corrected chi connectivity index (χ3v) is 6.26. The maximum atomic E-state index is 12.8. The van der Waals surface area contributed by atoms with E-state index in [1.807, 2.05) is 13.0 Å². The number of anilines is 1. The van der Waals surface area contributed by atoms with Gasteiger partial charge < -0.3 is 19.5 Å². The van der Waals surface area contributed by atoms with Crippen LogP contribution >= 0.6 is 34.4 Å². The third kappa shape index (κ3) is 6.20. The lowest BCUT2D eigenvalue weighted by atomic mass is 10.2. The molecule has 0 saturated carbocycles. The summed E-state index contributed by atoms with van der Waals surface area (Å²) >= 11 is 2.94. The quantitative estimate of drug-likeness (QED) is 0.336. The van der Waals surface area contributed by atoms with Crippen molar-refractivity contribution in [2.75, 3.05) is 32.7 Å². The van der Waals surface area contributed by atoms with E-state index in [2.05, 4.69) is 27.9 Å². The molecule has 0 bridgehead atoms. The summed E-state index contributed by atoms with van der Waals surface area (Å²) in [6.45, 7) is 2.20. The first-order valence-corrected chi connectivity index (χ1v) is 11.9. The summed E-state index contributed by atoms with van der Waals surface area (Å²) in [6, 6.07) is 10.3. The largest absolute Gasteiger partial charge is 0.497 e. The minimum Gasteiger partial charge on any atom is -0.497 e. The number of carbonyl (C=O) groups excluding carboxylic acids is 3. The van der Waals surface area contributed by atoms with E-state index >= 15 is 0 Å². The number of hydrogen-bond donors (Lipinski definition) is 1. The number of thioether (sulfide) groups is 1. The molecule has 0 spiro atoms. The standard InChI is InChI=1S/C23H23IN2O6S/c1-4-9-32-21-17(24)10-14(11-18(21)31-3)12-19-22(28)26(23(29)33-19)13-20(27)25-15-5-7-16(30-2)8-6-15/h5-8,10-12H,4,9,13H2,1-3H3,(H,25,27)/b19-12-. The van der Waals surface area contributed by atoms with Gasteiger partial charge in [0, 0.05) is 5.69 Å². The number of nitrogens with one attached hydrogen (secondary N) is 1. The Hall–Kier alpha value is -2.73. The van der Waals surface area contributed by atoms with Crippen LogP contribution in [0.4, 0.5) is 10.5 Å². The molecular formula is C23H23IN2O6S. The van der Waals surface area contributed by atoms with E-state index in [9.17, 15) is 14.4 Å². The van der Waals surface area contributed by atoms with E-state index in [4.69, 9.17) is 14.2 Å². The van der Waals surface area contributed by atoms with Crippen LogP contribution in [-0.4, -0.2) is 49.3 Å². The van der Waals surface area contributed by atoms with Crippen molar-refractivity contribution >= 4 is 63.2 Å². The van der Waals surface area contributed by atoms with Gasteiger partial charge in [-0.05, 0) is 88.8 Å². The Morgan fingerprint density at radius 2 is 1.88 bits per heavy atom. The topological polar surface area (TPSA) is 94.2 Å². The Morgan fingerprint density at radius 3 is 2.52 bits per heavy atom. The second-order valence-corrected chi connectivity index (χ2v) is 9.08. The van der Waals surface area contributed by atoms with Crippen LogP contribution in [-0.2, 0) is 9.59 Å². The maximum Gasteiger partial charge on any atom is 0.294 e. The summed E-state index contributed by atoms with van der Waals surface area (Å²) in [7, 11) is 3.09. The zero-order valence-corrected chi connectivity index (χ0v) is 21.3. The monoisotopic (exact) mass is 582 g/mol. The lowest BCUT2D eigenvalue weighted by Crippen LogP contribution is -2.36. The summed E-state index contributed by atoms with van der Waals surface area (Å²) in [5.74, 6) is 0.841. The van der Waals surface area contributed by atoms with E-state index in [1.165, 1.54) is 0 Å². The number of carbonyl (C=O) groups is 3. The van der Waals surface area contributed by atoms with Gasteiger partial charge in [0.1, 0.15) is 12.3 Å². The van der Waals surface area contributed by atoms with Gasteiger partial charge in [-0.25, -0.2) is 0 Å². The highest BCUT2D eigenvalue weighted by atomic mass is 127. The molecular weight excluding hydrogens is 559 g/mol. The fraction of sp³-hybridized carbons (Fsp3) is 0.261. The molecule has 10 heteroatoms. The number of hydrogen-bond acceptors (Lipinski definition) is 7. The van der Waals surface area contributed by atoms with Gasteiger partial charge in [0.25, 0.3) is 11.1 Å². The maximum absolute atomic E-state index is 12.8. The normalized spacial score (nSPS) is 14.5. The Labute approximate surface area is 209 Å². The summed E-state index contributed by atoms with van der Waals surface area (Å²) in [5.41, 5.74) is 1.23. The van der Waals surface area contributed by atoms with Crippen LogP contribution < -0.4 is 19.5 Å². The Kier molecular flexibility index (Phi) is 8.61. The molecule has 1 N–H and O–H groups in total. The number of rotatable bonds is 9. The molecule has 3 amide bonds. The average molecular weight is 582 g/mol. The fourth-order valence-electron chi connectivity index (χ4n) is 2.97. The van der Waals surface area contributed by atoms with Crippen LogP contribution in [0.15, 0.2) is 41.3 Å². The van der Waals surface area contributed by atoms with Gasteiger partial charge in [-0.1, -0.05) is 6.92 Å². The lowest BCUT2D eigenvalue weighted by molar-refractivity contribution is -0.127. The molecule has 1 heterocycles. The van der Waals surface area contributed by atoms with Crippen LogP contribution in [0.2, 0.25) is 0 Å². The molecule has 1 aliphatic rings. The molecule has 1 saturated heterocycles. The fourth-order valence-corrected chi connectivity index (χ4v) is 4.59. The predicted molar refractivity (Wildman–Crippen MR) is 136 cm³/mol. The van der Waals surface area contributed by atoms with Crippen molar-refractivity contribution in [3.63, 3.8) is 0 Å². The van der Waals surface area contributed by atoms with Gasteiger partial charge in [0.05, 0.1) is 29.3 Å². The second kappa shape index (κ2) is 11.4. The first-order chi connectivity index (χ1) is 15.9. The van der Waals surface area contributed by atoms with Crippen LogP contribution in [0.5, 0.6) is 17.2 Å². The third-order valence-electron chi connectivity index (χ3n) is 4.55. The van der Waals surface area contributed by atoms with Gasteiger partial charge in [0.2, 0.25) is 5.91 Å².